The molecule has 3 nitrogen and oxygen atoms in total. The van der Waals surface area contributed by atoms with Crippen molar-refractivity contribution in [1.29, 1.82) is 0 Å². The highest BCUT2D eigenvalue weighted by Crippen LogP contribution is 2.38. The monoisotopic (exact) mass is 292 g/mol. The number of hydrogen-bond acceptors (Lipinski definition) is 2. The predicted octanol–water partition coefficient (Wildman–Crippen LogP) is 3.73. The normalized spacial score (nSPS) is 25.3. The van der Waals surface area contributed by atoms with Crippen molar-refractivity contribution in [3.63, 3.8) is 0 Å². The lowest BCUT2D eigenvalue weighted by Crippen LogP contribution is -2.29. The van der Waals surface area contributed by atoms with Gasteiger partial charge in [-0.15, -0.1) is 0 Å². The van der Waals surface area contributed by atoms with Crippen LogP contribution >= 0.6 is 11.6 Å². The smallest absolute Gasteiger partial charge is 0.254 e. The SMILES string of the molecule is CC(C)c1cc(C(=O)N2CC3CCCC3C2)cc(Cl)n1. The molecule has 1 saturated carbocycles. The number of pyridine rings is 1. The molecule has 2 aliphatic rings. The molecule has 1 amide bonds. The lowest BCUT2D eigenvalue weighted by atomic mass is 10.0. The van der Waals surface area contributed by atoms with Gasteiger partial charge in [0.1, 0.15) is 5.15 Å². The summed E-state index contributed by atoms with van der Waals surface area (Å²) >= 11 is 6.06. The summed E-state index contributed by atoms with van der Waals surface area (Å²) in [4.78, 5) is 18.9. The van der Waals surface area contributed by atoms with E-state index in [1.165, 1.54) is 19.3 Å². The van der Waals surface area contributed by atoms with E-state index >= 15 is 0 Å². The van der Waals surface area contributed by atoms with Gasteiger partial charge in [0.2, 0.25) is 0 Å². The average molecular weight is 293 g/mol. The number of aromatic nitrogens is 1. The van der Waals surface area contributed by atoms with Crippen LogP contribution in [0.15, 0.2) is 12.1 Å². The molecule has 1 aromatic heterocycles. The standard InChI is InChI=1S/C16H21ClN2O/c1-10(2)14-6-13(7-15(17)18-14)16(20)19-8-11-4-3-5-12(11)9-19/h6-7,10-12H,3-5,8-9H2,1-2H3. The second-order valence-corrected chi connectivity index (χ2v) is 6.81. The van der Waals surface area contributed by atoms with Gasteiger partial charge in [-0.3, -0.25) is 4.79 Å². The van der Waals surface area contributed by atoms with Gasteiger partial charge in [-0.2, -0.15) is 0 Å². The Hall–Kier alpha value is -1.09. The zero-order valence-electron chi connectivity index (χ0n) is 12.1. The molecular weight excluding hydrogens is 272 g/mol. The molecule has 108 valence electrons. The van der Waals surface area contributed by atoms with Gasteiger partial charge in [0.25, 0.3) is 5.91 Å². The van der Waals surface area contributed by atoms with Crippen LogP contribution < -0.4 is 0 Å². The maximum absolute atomic E-state index is 12.6. The molecule has 0 spiro atoms. The lowest BCUT2D eigenvalue weighted by molar-refractivity contribution is 0.0780. The molecule has 1 aromatic rings. The van der Waals surface area contributed by atoms with Gasteiger partial charge in [0, 0.05) is 24.3 Å². The molecule has 2 atom stereocenters. The zero-order chi connectivity index (χ0) is 14.3. The van der Waals surface area contributed by atoms with Crippen LogP contribution in [-0.2, 0) is 0 Å². The van der Waals surface area contributed by atoms with Crippen molar-refractivity contribution in [2.24, 2.45) is 11.8 Å². The molecule has 2 fully saturated rings. The Bertz CT molecular complexity index is 517. The fourth-order valence-corrected chi connectivity index (χ4v) is 3.74. The summed E-state index contributed by atoms with van der Waals surface area (Å²) in [6.45, 7) is 5.96. The number of likely N-dealkylation sites (tertiary alicyclic amines) is 1. The third-order valence-electron chi connectivity index (χ3n) is 4.67. The van der Waals surface area contributed by atoms with E-state index in [4.69, 9.17) is 11.6 Å². The number of nitrogens with zero attached hydrogens (tertiary/aromatic N) is 2. The van der Waals surface area contributed by atoms with Gasteiger partial charge in [-0.25, -0.2) is 4.98 Å². The third kappa shape index (κ3) is 2.56. The molecule has 1 aliphatic carbocycles. The molecule has 0 aromatic carbocycles. The minimum Gasteiger partial charge on any atom is -0.338 e. The summed E-state index contributed by atoms with van der Waals surface area (Å²) in [6.07, 6.45) is 3.89. The van der Waals surface area contributed by atoms with Gasteiger partial charge >= 0.3 is 0 Å². The van der Waals surface area contributed by atoms with Gasteiger partial charge < -0.3 is 4.90 Å². The first-order valence-electron chi connectivity index (χ1n) is 7.51. The predicted molar refractivity (Wildman–Crippen MR) is 80.1 cm³/mol. The summed E-state index contributed by atoms with van der Waals surface area (Å²) < 4.78 is 0. The van der Waals surface area contributed by atoms with Crippen molar-refractivity contribution in [3.8, 4) is 0 Å². The van der Waals surface area contributed by atoms with Crippen LogP contribution in [0.2, 0.25) is 5.15 Å². The lowest BCUT2D eigenvalue weighted by Gasteiger charge is -2.18. The quantitative estimate of drug-likeness (QED) is 0.778. The van der Waals surface area contributed by atoms with Crippen LogP contribution in [0, 0.1) is 11.8 Å². The van der Waals surface area contributed by atoms with Crippen molar-refractivity contribution < 1.29 is 4.79 Å². The van der Waals surface area contributed by atoms with E-state index in [0.29, 0.717) is 10.7 Å². The summed E-state index contributed by atoms with van der Waals surface area (Å²) in [5.41, 5.74) is 1.58. The highest BCUT2D eigenvalue weighted by atomic mass is 35.5. The Morgan fingerprint density at radius 2 is 1.95 bits per heavy atom. The van der Waals surface area contributed by atoms with Crippen molar-refractivity contribution in [1.82, 2.24) is 9.88 Å². The zero-order valence-corrected chi connectivity index (χ0v) is 12.9. The van der Waals surface area contributed by atoms with Crippen LogP contribution in [0.4, 0.5) is 0 Å². The Labute approximate surface area is 125 Å². The van der Waals surface area contributed by atoms with E-state index in [1.54, 1.807) is 6.07 Å². The van der Waals surface area contributed by atoms with E-state index < -0.39 is 0 Å². The summed E-state index contributed by atoms with van der Waals surface area (Å²) in [5.74, 6) is 1.84. The average Bonchev–Trinajstić information content (AvgIpc) is 2.97. The van der Waals surface area contributed by atoms with E-state index in [-0.39, 0.29) is 11.8 Å². The van der Waals surface area contributed by atoms with E-state index in [2.05, 4.69) is 18.8 Å². The number of amides is 1. The van der Waals surface area contributed by atoms with E-state index in [0.717, 1.165) is 30.6 Å². The van der Waals surface area contributed by atoms with Gasteiger partial charge in [-0.1, -0.05) is 31.9 Å². The van der Waals surface area contributed by atoms with Crippen molar-refractivity contribution in [3.05, 3.63) is 28.5 Å². The Kier molecular flexibility index (Phi) is 3.72. The largest absolute Gasteiger partial charge is 0.338 e. The van der Waals surface area contributed by atoms with Crippen LogP contribution in [-0.4, -0.2) is 28.9 Å². The minimum absolute atomic E-state index is 0.116. The molecule has 0 N–H and O–H groups in total. The third-order valence-corrected chi connectivity index (χ3v) is 4.86. The fraction of sp³-hybridized carbons (Fsp3) is 0.625. The molecule has 3 rings (SSSR count). The van der Waals surface area contributed by atoms with E-state index in [9.17, 15) is 4.79 Å². The first kappa shape index (κ1) is 13.9. The van der Waals surface area contributed by atoms with Gasteiger partial charge in [-0.05, 0) is 42.7 Å². The highest BCUT2D eigenvalue weighted by Gasteiger charge is 2.38. The first-order chi connectivity index (χ1) is 9.54. The molecule has 20 heavy (non-hydrogen) atoms. The fourth-order valence-electron chi connectivity index (χ4n) is 3.52. The Morgan fingerprint density at radius 1 is 1.30 bits per heavy atom. The molecule has 2 heterocycles. The Morgan fingerprint density at radius 3 is 2.55 bits per heavy atom. The van der Waals surface area contributed by atoms with Crippen LogP contribution in [0.1, 0.15) is 55.1 Å². The molecule has 0 radical (unpaired) electrons. The van der Waals surface area contributed by atoms with Gasteiger partial charge in [0.05, 0.1) is 0 Å². The number of halogens is 1. The summed E-state index contributed by atoms with van der Waals surface area (Å²) in [6, 6.07) is 3.59. The maximum atomic E-state index is 12.6. The summed E-state index contributed by atoms with van der Waals surface area (Å²) in [7, 11) is 0. The highest BCUT2D eigenvalue weighted by molar-refractivity contribution is 6.29. The first-order valence-corrected chi connectivity index (χ1v) is 7.89. The van der Waals surface area contributed by atoms with Crippen LogP contribution in [0.25, 0.3) is 0 Å². The minimum atomic E-state index is 0.116. The van der Waals surface area contributed by atoms with Crippen molar-refractivity contribution in [2.75, 3.05) is 13.1 Å². The molecule has 2 unspecified atom stereocenters. The number of hydrogen-bond donors (Lipinski definition) is 0. The molecule has 0 bridgehead atoms. The van der Waals surface area contributed by atoms with Gasteiger partial charge in [0.15, 0.2) is 0 Å². The molecule has 1 saturated heterocycles. The summed E-state index contributed by atoms with van der Waals surface area (Å²) in [5, 5.41) is 0.416. The second-order valence-electron chi connectivity index (χ2n) is 6.42. The number of fused-ring (bicyclic) bond motifs is 1. The topological polar surface area (TPSA) is 33.2 Å². The number of carbonyl (C=O) groups excluding carboxylic acids is 1. The molecular formula is C16H21ClN2O. The maximum Gasteiger partial charge on any atom is 0.254 e. The van der Waals surface area contributed by atoms with Crippen molar-refractivity contribution >= 4 is 17.5 Å². The van der Waals surface area contributed by atoms with Crippen molar-refractivity contribution in [2.45, 2.75) is 39.0 Å². The van der Waals surface area contributed by atoms with Crippen LogP contribution in [0.5, 0.6) is 0 Å². The van der Waals surface area contributed by atoms with Crippen LogP contribution in [0.3, 0.4) is 0 Å². The van der Waals surface area contributed by atoms with E-state index in [1.807, 2.05) is 11.0 Å². The molecule has 1 aliphatic heterocycles. The Balaban J connectivity index is 1.80. The second kappa shape index (κ2) is 5.36. The molecule has 4 heteroatoms. The number of carbonyl (C=O) groups is 1. The number of rotatable bonds is 2.